The predicted octanol–water partition coefficient (Wildman–Crippen LogP) is 4.58. The molecule has 152 valence electrons. The molecule has 1 N–H and O–H groups in total. The molecule has 0 heterocycles. The summed E-state index contributed by atoms with van der Waals surface area (Å²) in [5.74, 6) is -2.63. The van der Waals surface area contributed by atoms with Crippen LogP contribution in [0.4, 0.5) is 15.8 Å². The Balaban J connectivity index is 1.92. The van der Waals surface area contributed by atoms with Gasteiger partial charge in [-0.25, -0.2) is 9.18 Å². The molecule has 0 saturated heterocycles. The van der Waals surface area contributed by atoms with Crippen LogP contribution < -0.4 is 5.32 Å². The summed E-state index contributed by atoms with van der Waals surface area (Å²) in [6, 6.07) is 17.6. The lowest BCUT2D eigenvalue weighted by atomic mass is 10.1. The van der Waals surface area contributed by atoms with E-state index in [-0.39, 0.29) is 16.9 Å². The smallest absolute Gasteiger partial charge is 0.342 e. The molecule has 3 aromatic rings. The van der Waals surface area contributed by atoms with Gasteiger partial charge in [-0.2, -0.15) is 0 Å². The van der Waals surface area contributed by atoms with Gasteiger partial charge in [0.1, 0.15) is 11.5 Å². The van der Waals surface area contributed by atoms with Gasteiger partial charge < -0.3 is 10.1 Å². The quantitative estimate of drug-likeness (QED) is 0.366. The van der Waals surface area contributed by atoms with E-state index < -0.39 is 28.7 Å². The number of hydrogen-bond donors (Lipinski definition) is 1. The van der Waals surface area contributed by atoms with E-state index in [1.807, 2.05) is 0 Å². The number of nitro benzene ring substituents is 1. The van der Waals surface area contributed by atoms with E-state index in [2.05, 4.69) is 5.32 Å². The van der Waals surface area contributed by atoms with Crippen LogP contribution in [0.3, 0.4) is 0 Å². The number of esters is 1. The summed E-state index contributed by atoms with van der Waals surface area (Å²) >= 11 is 0. The van der Waals surface area contributed by atoms with Crippen LogP contribution in [0.5, 0.6) is 0 Å². The zero-order valence-corrected chi connectivity index (χ0v) is 15.9. The summed E-state index contributed by atoms with van der Waals surface area (Å²) in [5, 5.41) is 13.8. The highest BCUT2D eigenvalue weighted by atomic mass is 19.1. The highest BCUT2D eigenvalue weighted by molar-refractivity contribution is 5.99. The Morgan fingerprint density at radius 2 is 1.70 bits per heavy atom. The van der Waals surface area contributed by atoms with Crippen LogP contribution in [0.15, 0.2) is 72.8 Å². The first kappa shape index (κ1) is 20.7. The van der Waals surface area contributed by atoms with Crippen molar-refractivity contribution in [3.63, 3.8) is 0 Å². The molecule has 0 saturated carbocycles. The number of rotatable bonds is 6. The number of anilines is 1. The number of aryl methyl sites for hydroxylation is 1. The van der Waals surface area contributed by atoms with Gasteiger partial charge in [-0.3, -0.25) is 14.9 Å². The maximum absolute atomic E-state index is 13.9. The fraction of sp³-hybridized carbons (Fsp3) is 0.0909. The van der Waals surface area contributed by atoms with E-state index in [0.29, 0.717) is 11.1 Å². The second-order valence-corrected chi connectivity index (χ2v) is 6.44. The van der Waals surface area contributed by atoms with Gasteiger partial charge in [0.25, 0.3) is 11.6 Å². The van der Waals surface area contributed by atoms with Crippen LogP contribution in [0, 0.1) is 22.9 Å². The molecule has 3 aromatic carbocycles. The topological polar surface area (TPSA) is 98.5 Å². The van der Waals surface area contributed by atoms with Crippen molar-refractivity contribution in [1.82, 2.24) is 0 Å². The Kier molecular flexibility index (Phi) is 6.17. The molecule has 0 bridgehead atoms. The van der Waals surface area contributed by atoms with E-state index in [9.17, 15) is 24.1 Å². The van der Waals surface area contributed by atoms with Crippen molar-refractivity contribution in [3.05, 3.63) is 105 Å². The zero-order valence-electron chi connectivity index (χ0n) is 15.9. The molecule has 0 aliphatic carbocycles. The van der Waals surface area contributed by atoms with Crippen molar-refractivity contribution in [2.75, 3.05) is 5.32 Å². The predicted molar refractivity (Wildman–Crippen MR) is 107 cm³/mol. The summed E-state index contributed by atoms with van der Waals surface area (Å²) in [6.45, 7) is 1.68. The second-order valence-electron chi connectivity index (χ2n) is 6.44. The summed E-state index contributed by atoms with van der Waals surface area (Å²) in [5.41, 5.74) is 0.307. The number of halogens is 1. The normalized spacial score (nSPS) is 11.4. The Morgan fingerprint density at radius 1 is 1.03 bits per heavy atom. The minimum atomic E-state index is -1.45. The largest absolute Gasteiger partial charge is 0.444 e. The molecule has 3 rings (SSSR count). The van der Waals surface area contributed by atoms with Crippen molar-refractivity contribution < 1.29 is 23.6 Å². The molecule has 0 aliphatic rings. The third-order valence-electron chi connectivity index (χ3n) is 4.27. The fourth-order valence-corrected chi connectivity index (χ4v) is 2.79. The first-order valence-corrected chi connectivity index (χ1v) is 8.93. The zero-order chi connectivity index (χ0) is 21.7. The number of amides is 1. The average Bonchev–Trinajstić information content (AvgIpc) is 2.73. The molecule has 7 nitrogen and oxygen atoms in total. The van der Waals surface area contributed by atoms with E-state index >= 15 is 0 Å². The molecule has 1 unspecified atom stereocenters. The minimum Gasteiger partial charge on any atom is -0.444 e. The van der Waals surface area contributed by atoms with Crippen LogP contribution in [0.2, 0.25) is 0 Å². The van der Waals surface area contributed by atoms with Gasteiger partial charge in [-0.15, -0.1) is 0 Å². The molecule has 1 amide bonds. The van der Waals surface area contributed by atoms with Crippen molar-refractivity contribution in [1.29, 1.82) is 0 Å². The first-order valence-electron chi connectivity index (χ1n) is 8.93. The molecular weight excluding hydrogens is 391 g/mol. The summed E-state index contributed by atoms with van der Waals surface area (Å²) < 4.78 is 19.2. The van der Waals surface area contributed by atoms with Gasteiger partial charge in [0.2, 0.25) is 6.10 Å². The standard InChI is InChI=1S/C22H17FN2O5/c1-14-11-12-18(19(13-14)25(28)29)24-21(26)20(15-7-3-2-4-8-15)30-22(27)16-9-5-6-10-17(16)23/h2-13,20H,1H3,(H,24,26). The number of nitrogens with zero attached hydrogens (tertiary/aromatic N) is 1. The summed E-state index contributed by atoms with van der Waals surface area (Å²) in [6.07, 6.45) is -1.45. The average molecular weight is 408 g/mol. The number of ether oxygens (including phenoxy) is 1. The molecule has 0 spiro atoms. The van der Waals surface area contributed by atoms with Crippen LogP contribution in [0.1, 0.15) is 27.6 Å². The highest BCUT2D eigenvalue weighted by Gasteiger charge is 2.28. The molecule has 0 aliphatic heterocycles. The third kappa shape index (κ3) is 4.67. The number of hydrogen-bond acceptors (Lipinski definition) is 5. The number of carbonyl (C=O) groups is 2. The monoisotopic (exact) mass is 408 g/mol. The van der Waals surface area contributed by atoms with Crippen molar-refractivity contribution >= 4 is 23.3 Å². The summed E-state index contributed by atoms with van der Waals surface area (Å²) in [4.78, 5) is 36.1. The molecule has 0 radical (unpaired) electrons. The van der Waals surface area contributed by atoms with Crippen LogP contribution >= 0.6 is 0 Å². The van der Waals surface area contributed by atoms with Gasteiger partial charge in [-0.1, -0.05) is 48.5 Å². The maximum atomic E-state index is 13.9. The van der Waals surface area contributed by atoms with Gasteiger partial charge >= 0.3 is 5.97 Å². The lowest BCUT2D eigenvalue weighted by Crippen LogP contribution is -2.26. The van der Waals surface area contributed by atoms with Crippen LogP contribution in [-0.4, -0.2) is 16.8 Å². The molecule has 1 atom stereocenters. The molecular formula is C22H17FN2O5. The van der Waals surface area contributed by atoms with Crippen molar-refractivity contribution in [2.24, 2.45) is 0 Å². The number of carbonyl (C=O) groups excluding carboxylic acids is 2. The molecule has 0 fully saturated rings. The van der Waals surface area contributed by atoms with Crippen molar-refractivity contribution in [2.45, 2.75) is 13.0 Å². The molecule has 30 heavy (non-hydrogen) atoms. The Hall–Kier alpha value is -4.07. The van der Waals surface area contributed by atoms with E-state index in [4.69, 9.17) is 4.74 Å². The third-order valence-corrected chi connectivity index (χ3v) is 4.27. The number of benzene rings is 3. The van der Waals surface area contributed by atoms with E-state index in [1.54, 1.807) is 43.3 Å². The highest BCUT2D eigenvalue weighted by Crippen LogP contribution is 2.28. The maximum Gasteiger partial charge on any atom is 0.342 e. The number of nitrogens with one attached hydrogen (secondary N) is 1. The second kappa shape index (κ2) is 8.95. The van der Waals surface area contributed by atoms with Gasteiger partial charge in [0.15, 0.2) is 0 Å². The van der Waals surface area contributed by atoms with Gasteiger partial charge in [-0.05, 0) is 30.7 Å². The molecule has 0 aromatic heterocycles. The lowest BCUT2D eigenvalue weighted by molar-refractivity contribution is -0.384. The SMILES string of the molecule is Cc1ccc(NC(=O)C(OC(=O)c2ccccc2F)c2ccccc2)c([N+](=O)[O-])c1. The van der Waals surface area contributed by atoms with Gasteiger partial charge in [0, 0.05) is 11.6 Å². The number of nitro groups is 1. The Morgan fingerprint density at radius 3 is 2.37 bits per heavy atom. The van der Waals surface area contributed by atoms with Crippen LogP contribution in [0.25, 0.3) is 0 Å². The van der Waals surface area contributed by atoms with Crippen LogP contribution in [-0.2, 0) is 9.53 Å². The van der Waals surface area contributed by atoms with E-state index in [1.165, 1.54) is 30.3 Å². The lowest BCUT2D eigenvalue weighted by Gasteiger charge is -2.18. The van der Waals surface area contributed by atoms with Gasteiger partial charge in [0.05, 0.1) is 10.5 Å². The molecule has 8 heteroatoms. The van der Waals surface area contributed by atoms with E-state index in [0.717, 1.165) is 6.07 Å². The first-order chi connectivity index (χ1) is 14.4. The fourth-order valence-electron chi connectivity index (χ4n) is 2.79. The Labute approximate surface area is 171 Å². The summed E-state index contributed by atoms with van der Waals surface area (Å²) in [7, 11) is 0. The van der Waals surface area contributed by atoms with Crippen molar-refractivity contribution in [3.8, 4) is 0 Å². The minimum absolute atomic E-state index is 0.0431. The Bertz CT molecular complexity index is 1100.